The minimum Gasteiger partial charge on any atom is -0.380 e. The highest BCUT2D eigenvalue weighted by molar-refractivity contribution is 7.74. The summed E-state index contributed by atoms with van der Waals surface area (Å²) < 4.78 is 22.8. The minimum atomic E-state index is -2.22. The summed E-state index contributed by atoms with van der Waals surface area (Å²) in [6, 6.07) is 8.46. The summed E-state index contributed by atoms with van der Waals surface area (Å²) in [4.78, 5) is 0. The molecular weight excluding hydrogens is 152 g/mol. The van der Waals surface area contributed by atoms with Crippen LogP contribution >= 0.6 is 0 Å². The summed E-state index contributed by atoms with van der Waals surface area (Å²) in [6.45, 7) is 0. The van der Waals surface area contributed by atoms with Gasteiger partial charge < -0.3 is 4.18 Å². The van der Waals surface area contributed by atoms with Crippen molar-refractivity contribution in [2.75, 3.05) is 0 Å². The van der Waals surface area contributed by atoms with E-state index in [2.05, 4.69) is 4.18 Å². The molecule has 1 aromatic carbocycles. The van der Waals surface area contributed by atoms with Gasteiger partial charge in [0, 0.05) is 0 Å². The summed E-state index contributed by atoms with van der Waals surface area (Å²) >= 11 is -2.22. The molecule has 0 aliphatic carbocycles. The van der Waals surface area contributed by atoms with Crippen molar-refractivity contribution in [3.63, 3.8) is 0 Å². The smallest absolute Gasteiger partial charge is 0.357 e. The van der Waals surface area contributed by atoms with Crippen molar-refractivity contribution in [3.8, 4) is 5.75 Å². The van der Waals surface area contributed by atoms with Crippen molar-refractivity contribution in [2.24, 2.45) is 0 Å². The Labute approximate surface area is 61.1 Å². The van der Waals surface area contributed by atoms with Gasteiger partial charge in [-0.05, 0) is 12.1 Å². The fourth-order valence-electron chi connectivity index (χ4n) is 0.558. The van der Waals surface area contributed by atoms with E-state index in [9.17, 15) is 4.21 Å². The molecule has 0 heterocycles. The average molecular weight is 158 g/mol. The second-order valence-corrected chi connectivity index (χ2v) is 2.21. The van der Waals surface area contributed by atoms with E-state index in [1.54, 1.807) is 30.3 Å². The molecule has 0 saturated heterocycles. The molecule has 0 saturated carbocycles. The van der Waals surface area contributed by atoms with E-state index in [4.69, 9.17) is 4.55 Å². The lowest BCUT2D eigenvalue weighted by Gasteiger charge is -1.96. The Morgan fingerprint density at radius 1 is 1.30 bits per heavy atom. The zero-order valence-corrected chi connectivity index (χ0v) is 5.88. The first kappa shape index (κ1) is 7.24. The molecule has 1 rings (SSSR count). The monoisotopic (exact) mass is 158 g/mol. The van der Waals surface area contributed by atoms with Crippen molar-refractivity contribution in [2.45, 2.75) is 0 Å². The lowest BCUT2D eigenvalue weighted by Crippen LogP contribution is -1.96. The van der Waals surface area contributed by atoms with Crippen molar-refractivity contribution in [1.29, 1.82) is 0 Å². The quantitative estimate of drug-likeness (QED) is 0.658. The first-order chi connectivity index (χ1) is 4.79. The van der Waals surface area contributed by atoms with Crippen LogP contribution < -0.4 is 4.18 Å². The van der Waals surface area contributed by atoms with Gasteiger partial charge in [0.1, 0.15) is 5.75 Å². The van der Waals surface area contributed by atoms with E-state index in [-0.39, 0.29) is 0 Å². The Kier molecular flexibility index (Phi) is 2.42. The molecule has 54 valence electrons. The fourth-order valence-corrected chi connectivity index (χ4v) is 0.834. The van der Waals surface area contributed by atoms with Gasteiger partial charge in [0.05, 0.1) is 0 Å². The van der Waals surface area contributed by atoms with Crippen molar-refractivity contribution >= 4 is 11.4 Å². The van der Waals surface area contributed by atoms with Gasteiger partial charge in [-0.2, -0.15) is 4.21 Å². The standard InChI is InChI=1S/C6H6O3S/c7-10(8)9-6-4-2-1-3-5-6/h1-5H,(H,7,8). The van der Waals surface area contributed by atoms with Gasteiger partial charge >= 0.3 is 11.4 Å². The maximum atomic E-state index is 10.1. The second-order valence-electron chi connectivity index (χ2n) is 1.61. The Morgan fingerprint density at radius 2 is 1.90 bits per heavy atom. The molecular formula is C6H6O3S. The third-order valence-electron chi connectivity index (χ3n) is 0.911. The molecule has 0 radical (unpaired) electrons. The van der Waals surface area contributed by atoms with E-state index >= 15 is 0 Å². The predicted octanol–water partition coefficient (Wildman–Crippen LogP) is 1.20. The Morgan fingerprint density at radius 3 is 2.40 bits per heavy atom. The predicted molar refractivity (Wildman–Crippen MR) is 37.8 cm³/mol. The van der Waals surface area contributed by atoms with Crippen LogP contribution in [0.5, 0.6) is 5.75 Å². The maximum absolute atomic E-state index is 10.1. The van der Waals surface area contributed by atoms with E-state index in [1.165, 1.54) is 0 Å². The second kappa shape index (κ2) is 3.34. The summed E-state index contributed by atoms with van der Waals surface area (Å²) in [5.74, 6) is 0.392. The highest BCUT2D eigenvalue weighted by Crippen LogP contribution is 2.08. The Balaban J connectivity index is 2.67. The minimum absolute atomic E-state index is 0.392. The fraction of sp³-hybridized carbons (Fsp3) is 0. The summed E-state index contributed by atoms with van der Waals surface area (Å²) in [6.07, 6.45) is 0. The van der Waals surface area contributed by atoms with Crippen LogP contribution in [-0.2, 0) is 11.4 Å². The first-order valence-corrected chi connectivity index (χ1v) is 3.66. The molecule has 10 heavy (non-hydrogen) atoms. The first-order valence-electron chi connectivity index (χ1n) is 2.63. The van der Waals surface area contributed by atoms with E-state index < -0.39 is 11.4 Å². The summed E-state index contributed by atoms with van der Waals surface area (Å²) in [5, 5.41) is 0. The number of rotatable bonds is 2. The Hall–Kier alpha value is -0.870. The van der Waals surface area contributed by atoms with E-state index in [0.717, 1.165) is 0 Å². The molecule has 0 aromatic heterocycles. The van der Waals surface area contributed by atoms with Crippen LogP contribution in [0, 0.1) is 0 Å². The normalized spacial score (nSPS) is 12.5. The molecule has 0 bridgehead atoms. The molecule has 1 atom stereocenters. The number of para-hydroxylation sites is 1. The molecule has 1 unspecified atom stereocenters. The van der Waals surface area contributed by atoms with Gasteiger partial charge in [-0.1, -0.05) is 18.2 Å². The van der Waals surface area contributed by atoms with Crippen molar-refractivity contribution < 1.29 is 12.9 Å². The summed E-state index contributed by atoms with van der Waals surface area (Å²) in [5.41, 5.74) is 0. The molecule has 0 spiro atoms. The molecule has 1 aromatic rings. The largest absolute Gasteiger partial charge is 0.380 e. The van der Waals surface area contributed by atoms with Gasteiger partial charge in [-0.3, -0.25) is 4.55 Å². The van der Waals surface area contributed by atoms with Crippen molar-refractivity contribution in [3.05, 3.63) is 30.3 Å². The van der Waals surface area contributed by atoms with Crippen molar-refractivity contribution in [1.82, 2.24) is 0 Å². The van der Waals surface area contributed by atoms with Crippen LogP contribution in [-0.4, -0.2) is 8.76 Å². The summed E-state index contributed by atoms with van der Waals surface area (Å²) in [7, 11) is 0. The van der Waals surface area contributed by atoms with Crippen LogP contribution in [0.2, 0.25) is 0 Å². The molecule has 1 N–H and O–H groups in total. The number of hydrogen-bond donors (Lipinski definition) is 1. The van der Waals surface area contributed by atoms with E-state index in [1.807, 2.05) is 0 Å². The average Bonchev–Trinajstić information content (AvgIpc) is 1.88. The zero-order valence-electron chi connectivity index (χ0n) is 5.06. The van der Waals surface area contributed by atoms with Gasteiger partial charge in [-0.25, -0.2) is 0 Å². The molecule has 0 fully saturated rings. The van der Waals surface area contributed by atoms with Crippen LogP contribution in [0.15, 0.2) is 30.3 Å². The third kappa shape index (κ3) is 2.16. The van der Waals surface area contributed by atoms with Gasteiger partial charge in [0.25, 0.3) is 0 Å². The van der Waals surface area contributed by atoms with Gasteiger partial charge in [-0.15, -0.1) is 0 Å². The topological polar surface area (TPSA) is 46.5 Å². The maximum Gasteiger partial charge on any atom is 0.357 e. The highest BCUT2D eigenvalue weighted by atomic mass is 32.2. The van der Waals surface area contributed by atoms with Crippen LogP contribution in [0.25, 0.3) is 0 Å². The molecule has 3 nitrogen and oxygen atoms in total. The van der Waals surface area contributed by atoms with Crippen LogP contribution in [0.3, 0.4) is 0 Å². The molecule has 0 amide bonds. The van der Waals surface area contributed by atoms with E-state index in [0.29, 0.717) is 5.75 Å². The Bertz CT molecular complexity index is 222. The third-order valence-corrected chi connectivity index (χ3v) is 1.25. The highest BCUT2D eigenvalue weighted by Gasteiger charge is 1.93. The molecule has 0 aliphatic rings. The van der Waals surface area contributed by atoms with Gasteiger partial charge in [0.15, 0.2) is 0 Å². The van der Waals surface area contributed by atoms with Gasteiger partial charge in [0.2, 0.25) is 0 Å². The molecule has 0 aliphatic heterocycles. The lowest BCUT2D eigenvalue weighted by molar-refractivity contribution is 0.458. The van der Waals surface area contributed by atoms with Crippen LogP contribution in [0.4, 0.5) is 0 Å². The molecule has 4 heteroatoms. The number of hydrogen-bond acceptors (Lipinski definition) is 2. The van der Waals surface area contributed by atoms with Crippen LogP contribution in [0.1, 0.15) is 0 Å². The zero-order chi connectivity index (χ0) is 7.40. The lowest BCUT2D eigenvalue weighted by atomic mass is 10.3. The SMILES string of the molecule is O=S(O)Oc1ccccc1. The number of benzene rings is 1.